The van der Waals surface area contributed by atoms with E-state index in [2.05, 4.69) is 0 Å². The SMILES string of the molecule is COc1cccc(OC)c1C(=O)N1CCC[C@H](C(=O)O)C1. The van der Waals surface area contributed by atoms with Crippen molar-refractivity contribution in [2.75, 3.05) is 27.3 Å². The van der Waals surface area contributed by atoms with Crippen LogP contribution in [0.1, 0.15) is 23.2 Å². The molecule has 6 heteroatoms. The second-order valence-corrected chi connectivity index (χ2v) is 4.97. The van der Waals surface area contributed by atoms with Gasteiger partial charge < -0.3 is 19.5 Å². The number of benzene rings is 1. The Labute approximate surface area is 123 Å². The average Bonchev–Trinajstić information content (AvgIpc) is 2.53. The predicted octanol–water partition coefficient (Wildman–Crippen LogP) is 1.64. The van der Waals surface area contributed by atoms with Crippen LogP contribution in [0.3, 0.4) is 0 Å². The number of carbonyl (C=O) groups excluding carboxylic acids is 1. The van der Waals surface area contributed by atoms with Crippen LogP contribution in [0, 0.1) is 5.92 Å². The van der Waals surface area contributed by atoms with E-state index in [1.54, 1.807) is 23.1 Å². The number of aliphatic carboxylic acids is 1. The smallest absolute Gasteiger partial charge is 0.308 e. The van der Waals surface area contributed by atoms with Crippen LogP contribution in [0.5, 0.6) is 11.5 Å². The number of methoxy groups -OCH3 is 2. The summed E-state index contributed by atoms with van der Waals surface area (Å²) in [5.41, 5.74) is 0.341. The molecule has 2 rings (SSSR count). The summed E-state index contributed by atoms with van der Waals surface area (Å²) in [5.74, 6) is -0.772. The molecule has 0 aliphatic carbocycles. The molecule has 1 fully saturated rings. The molecule has 6 nitrogen and oxygen atoms in total. The molecule has 1 atom stereocenters. The van der Waals surface area contributed by atoms with Crippen molar-refractivity contribution in [2.24, 2.45) is 5.92 Å². The fourth-order valence-electron chi connectivity index (χ4n) is 2.58. The summed E-state index contributed by atoms with van der Waals surface area (Å²) >= 11 is 0. The summed E-state index contributed by atoms with van der Waals surface area (Å²) < 4.78 is 10.5. The maximum atomic E-state index is 12.7. The molecular weight excluding hydrogens is 274 g/mol. The molecule has 1 N–H and O–H groups in total. The Balaban J connectivity index is 2.29. The average molecular weight is 293 g/mol. The Kier molecular flexibility index (Phi) is 4.67. The quantitative estimate of drug-likeness (QED) is 0.913. The standard InChI is InChI=1S/C15H19NO5/c1-20-11-6-3-7-12(21-2)13(11)14(17)16-8-4-5-10(9-16)15(18)19/h3,6-7,10H,4-5,8-9H2,1-2H3,(H,18,19)/t10-/m0/s1. The van der Waals surface area contributed by atoms with Crippen molar-refractivity contribution in [2.45, 2.75) is 12.8 Å². The first kappa shape index (κ1) is 15.2. The second kappa shape index (κ2) is 6.47. The molecular formula is C15H19NO5. The van der Waals surface area contributed by atoms with Crippen molar-refractivity contribution in [1.82, 2.24) is 4.90 Å². The number of piperidine rings is 1. The topological polar surface area (TPSA) is 76.1 Å². The first-order valence-electron chi connectivity index (χ1n) is 6.81. The molecule has 1 aromatic carbocycles. The molecule has 0 bridgehead atoms. The van der Waals surface area contributed by atoms with Gasteiger partial charge in [0.1, 0.15) is 17.1 Å². The van der Waals surface area contributed by atoms with Gasteiger partial charge in [-0.15, -0.1) is 0 Å². The summed E-state index contributed by atoms with van der Waals surface area (Å²) in [6, 6.07) is 5.12. The van der Waals surface area contributed by atoms with E-state index in [0.717, 1.165) is 0 Å². The number of carbonyl (C=O) groups is 2. The number of carboxylic acids is 1. The molecule has 0 radical (unpaired) electrons. The Hall–Kier alpha value is -2.24. The summed E-state index contributed by atoms with van der Waals surface area (Å²) in [5, 5.41) is 9.12. The van der Waals surface area contributed by atoms with Gasteiger partial charge in [0.2, 0.25) is 0 Å². The largest absolute Gasteiger partial charge is 0.496 e. The number of rotatable bonds is 4. The number of hydrogen-bond donors (Lipinski definition) is 1. The third-order valence-electron chi connectivity index (χ3n) is 3.70. The van der Waals surface area contributed by atoms with Crippen LogP contribution < -0.4 is 9.47 Å². The Morgan fingerprint density at radius 1 is 1.24 bits per heavy atom. The van der Waals surface area contributed by atoms with Crippen LogP contribution in [-0.4, -0.2) is 49.2 Å². The van der Waals surface area contributed by atoms with Crippen LogP contribution in [0.25, 0.3) is 0 Å². The maximum Gasteiger partial charge on any atom is 0.308 e. The van der Waals surface area contributed by atoms with Crippen molar-refractivity contribution < 1.29 is 24.2 Å². The van der Waals surface area contributed by atoms with Crippen LogP contribution in [0.15, 0.2) is 18.2 Å². The van der Waals surface area contributed by atoms with Crippen molar-refractivity contribution in [3.8, 4) is 11.5 Å². The molecule has 1 aliphatic rings. The van der Waals surface area contributed by atoms with Crippen LogP contribution in [-0.2, 0) is 4.79 Å². The lowest BCUT2D eigenvalue weighted by Crippen LogP contribution is -2.42. The van der Waals surface area contributed by atoms with Crippen LogP contribution >= 0.6 is 0 Å². The van der Waals surface area contributed by atoms with E-state index in [0.29, 0.717) is 36.4 Å². The minimum atomic E-state index is -0.862. The van der Waals surface area contributed by atoms with E-state index >= 15 is 0 Å². The first-order valence-corrected chi connectivity index (χ1v) is 6.81. The van der Waals surface area contributed by atoms with E-state index in [-0.39, 0.29) is 12.5 Å². The minimum absolute atomic E-state index is 0.218. The molecule has 1 heterocycles. The lowest BCUT2D eigenvalue weighted by molar-refractivity contribution is -0.143. The highest BCUT2D eigenvalue weighted by Crippen LogP contribution is 2.31. The second-order valence-electron chi connectivity index (χ2n) is 4.97. The normalized spacial score (nSPS) is 18.2. The monoisotopic (exact) mass is 293 g/mol. The fourth-order valence-corrected chi connectivity index (χ4v) is 2.58. The van der Waals surface area contributed by atoms with Crippen LogP contribution in [0.4, 0.5) is 0 Å². The molecule has 1 aliphatic heterocycles. The lowest BCUT2D eigenvalue weighted by atomic mass is 9.97. The Morgan fingerprint density at radius 2 is 1.86 bits per heavy atom. The minimum Gasteiger partial charge on any atom is -0.496 e. The van der Waals surface area contributed by atoms with E-state index < -0.39 is 11.9 Å². The van der Waals surface area contributed by atoms with E-state index in [1.807, 2.05) is 0 Å². The first-order chi connectivity index (χ1) is 10.1. The van der Waals surface area contributed by atoms with Crippen molar-refractivity contribution in [1.29, 1.82) is 0 Å². The zero-order valence-electron chi connectivity index (χ0n) is 12.2. The van der Waals surface area contributed by atoms with Gasteiger partial charge in [-0.05, 0) is 25.0 Å². The fraction of sp³-hybridized carbons (Fsp3) is 0.467. The van der Waals surface area contributed by atoms with Gasteiger partial charge in [-0.1, -0.05) is 6.07 Å². The molecule has 1 aromatic rings. The van der Waals surface area contributed by atoms with Crippen molar-refractivity contribution >= 4 is 11.9 Å². The lowest BCUT2D eigenvalue weighted by Gasteiger charge is -2.31. The van der Waals surface area contributed by atoms with Gasteiger partial charge in [-0.25, -0.2) is 0 Å². The van der Waals surface area contributed by atoms with Gasteiger partial charge in [-0.3, -0.25) is 9.59 Å². The number of hydrogen-bond acceptors (Lipinski definition) is 4. The molecule has 1 saturated heterocycles. The Bertz CT molecular complexity index is 521. The van der Waals surface area contributed by atoms with Gasteiger partial charge >= 0.3 is 5.97 Å². The highest BCUT2D eigenvalue weighted by Gasteiger charge is 2.31. The summed E-state index contributed by atoms with van der Waals surface area (Å²) in [6.45, 7) is 0.763. The van der Waals surface area contributed by atoms with Crippen LogP contribution in [0.2, 0.25) is 0 Å². The van der Waals surface area contributed by atoms with Gasteiger partial charge in [0.05, 0.1) is 20.1 Å². The van der Waals surface area contributed by atoms with Crippen molar-refractivity contribution in [3.05, 3.63) is 23.8 Å². The zero-order chi connectivity index (χ0) is 15.4. The van der Waals surface area contributed by atoms with Crippen molar-refractivity contribution in [3.63, 3.8) is 0 Å². The number of nitrogens with zero attached hydrogens (tertiary/aromatic N) is 1. The molecule has 0 spiro atoms. The van der Waals surface area contributed by atoms with Gasteiger partial charge in [0.25, 0.3) is 5.91 Å². The molecule has 0 unspecified atom stereocenters. The Morgan fingerprint density at radius 3 is 2.38 bits per heavy atom. The number of carboxylic acid groups (broad SMARTS) is 1. The third kappa shape index (κ3) is 3.09. The zero-order valence-corrected chi connectivity index (χ0v) is 12.2. The molecule has 21 heavy (non-hydrogen) atoms. The highest BCUT2D eigenvalue weighted by atomic mass is 16.5. The van der Waals surface area contributed by atoms with E-state index in [4.69, 9.17) is 14.6 Å². The molecule has 1 amide bonds. The van der Waals surface area contributed by atoms with E-state index in [9.17, 15) is 9.59 Å². The number of ether oxygens (including phenoxy) is 2. The molecule has 0 aromatic heterocycles. The summed E-state index contributed by atoms with van der Waals surface area (Å²) in [4.78, 5) is 25.4. The summed E-state index contributed by atoms with van der Waals surface area (Å²) in [6.07, 6.45) is 1.28. The predicted molar refractivity (Wildman–Crippen MR) is 75.8 cm³/mol. The van der Waals surface area contributed by atoms with E-state index in [1.165, 1.54) is 14.2 Å². The highest BCUT2D eigenvalue weighted by molar-refractivity contribution is 6.00. The number of likely N-dealkylation sites (tertiary alicyclic amines) is 1. The van der Waals surface area contributed by atoms with Gasteiger partial charge in [0.15, 0.2) is 0 Å². The number of amides is 1. The van der Waals surface area contributed by atoms with Gasteiger partial charge in [-0.2, -0.15) is 0 Å². The third-order valence-corrected chi connectivity index (χ3v) is 3.70. The molecule has 0 saturated carbocycles. The van der Waals surface area contributed by atoms with Gasteiger partial charge in [0, 0.05) is 13.1 Å². The molecule has 114 valence electrons. The maximum absolute atomic E-state index is 12.7. The summed E-state index contributed by atoms with van der Waals surface area (Å²) in [7, 11) is 2.98.